The number of hydrogen-bond donors (Lipinski definition) is 2. The van der Waals surface area contributed by atoms with Crippen LogP contribution in [-0.2, 0) is 26.2 Å². The Bertz CT molecular complexity index is 1210. The van der Waals surface area contributed by atoms with Crippen molar-refractivity contribution in [1.82, 2.24) is 9.62 Å². The van der Waals surface area contributed by atoms with Gasteiger partial charge in [0.1, 0.15) is 11.5 Å². The summed E-state index contributed by atoms with van der Waals surface area (Å²) < 4.78 is 39.3. The van der Waals surface area contributed by atoms with E-state index in [4.69, 9.17) is 9.47 Å². The number of ether oxygens (including phenoxy) is 2. The topological polar surface area (TPSA) is 114 Å². The Kier molecular flexibility index (Phi) is 6.81. The lowest BCUT2D eigenvalue weighted by Crippen LogP contribution is -2.45. The lowest BCUT2D eigenvalue weighted by atomic mass is 9.98. The van der Waals surface area contributed by atoms with Gasteiger partial charge in [-0.2, -0.15) is 4.31 Å². The Morgan fingerprint density at radius 1 is 1.29 bits per heavy atom. The molecule has 0 bridgehead atoms. The summed E-state index contributed by atoms with van der Waals surface area (Å²) in [5.41, 5.74) is 1.80. The lowest BCUT2D eigenvalue weighted by Gasteiger charge is -2.32. The van der Waals surface area contributed by atoms with Gasteiger partial charge in [-0.3, -0.25) is 9.59 Å². The number of fused-ring (bicyclic) bond motifs is 1. The van der Waals surface area contributed by atoms with E-state index >= 15 is 0 Å². The number of sulfonamides is 1. The van der Waals surface area contributed by atoms with Gasteiger partial charge in [-0.05, 0) is 44.4 Å². The molecule has 0 saturated carbocycles. The van der Waals surface area contributed by atoms with Crippen molar-refractivity contribution in [2.45, 2.75) is 44.2 Å². The smallest absolute Gasteiger partial charge is 0.265 e. The second-order valence-corrected chi connectivity index (χ2v) is 10.5. The molecule has 2 amide bonds. The first kappa shape index (κ1) is 24.0. The van der Waals surface area contributed by atoms with Gasteiger partial charge < -0.3 is 20.1 Å². The van der Waals surface area contributed by atoms with Gasteiger partial charge in [0.05, 0.1) is 23.6 Å². The van der Waals surface area contributed by atoms with Crippen LogP contribution in [0.4, 0.5) is 5.69 Å². The number of para-hydroxylation sites is 1. The molecule has 2 N–H and O–H groups in total. The number of anilines is 1. The molecule has 2 atom stereocenters. The average Bonchev–Trinajstić information content (AvgIpc) is 2.83. The third-order valence-electron chi connectivity index (χ3n) is 6.23. The van der Waals surface area contributed by atoms with E-state index in [9.17, 15) is 18.0 Å². The maximum Gasteiger partial charge on any atom is 0.265 e. The number of rotatable bonds is 6. The van der Waals surface area contributed by atoms with Gasteiger partial charge in [0, 0.05) is 31.3 Å². The van der Waals surface area contributed by atoms with E-state index in [2.05, 4.69) is 10.6 Å². The van der Waals surface area contributed by atoms with Crippen LogP contribution in [0.3, 0.4) is 0 Å². The third kappa shape index (κ3) is 4.74. The van der Waals surface area contributed by atoms with E-state index in [1.807, 2.05) is 24.3 Å². The summed E-state index contributed by atoms with van der Waals surface area (Å²) in [5.74, 6) is 0.0886. The highest BCUT2D eigenvalue weighted by molar-refractivity contribution is 7.89. The van der Waals surface area contributed by atoms with Crippen molar-refractivity contribution in [2.75, 3.05) is 25.5 Å². The molecule has 0 aliphatic carbocycles. The Labute approximate surface area is 199 Å². The summed E-state index contributed by atoms with van der Waals surface area (Å²) in [6.07, 6.45) is 0.483. The molecule has 2 aliphatic heterocycles. The van der Waals surface area contributed by atoms with Gasteiger partial charge in [-0.15, -0.1) is 0 Å². The third-order valence-corrected chi connectivity index (χ3v) is 8.23. The molecule has 1 fully saturated rings. The molecule has 2 aromatic rings. The molecule has 182 valence electrons. The molecule has 2 aliphatic rings. The van der Waals surface area contributed by atoms with E-state index in [0.717, 1.165) is 5.56 Å². The van der Waals surface area contributed by atoms with Crippen molar-refractivity contribution >= 4 is 27.5 Å². The van der Waals surface area contributed by atoms with Crippen LogP contribution in [0, 0.1) is 12.8 Å². The van der Waals surface area contributed by atoms with Crippen LogP contribution in [0.1, 0.15) is 30.9 Å². The molecule has 0 spiro atoms. The molecule has 2 heterocycles. The molecule has 2 aromatic carbocycles. The molecule has 9 nitrogen and oxygen atoms in total. The fourth-order valence-corrected chi connectivity index (χ4v) is 6.06. The van der Waals surface area contributed by atoms with Crippen LogP contribution in [0.5, 0.6) is 11.5 Å². The molecular weight excluding hydrogens is 458 g/mol. The van der Waals surface area contributed by atoms with E-state index in [1.165, 1.54) is 10.4 Å². The van der Waals surface area contributed by atoms with Crippen LogP contribution in [0.15, 0.2) is 41.3 Å². The normalized spacial score (nSPS) is 20.6. The standard InChI is InChI=1S/C24H29N3O6S/c1-15-11-19-21(33-16(2)23(28)26-19)12-22(15)34(30,31)27-10-6-8-18(14-27)24(29)25-13-17-7-4-5-9-20(17)32-3/h4-5,7,9,11-12,16,18H,6,8,10,13-14H2,1-3H3,(H,25,29)(H,26,28)/t16-,18+/m0/s1. The van der Waals surface area contributed by atoms with E-state index in [1.54, 1.807) is 27.0 Å². The van der Waals surface area contributed by atoms with Crippen LogP contribution in [0.2, 0.25) is 0 Å². The molecule has 1 saturated heterocycles. The fourth-order valence-electron chi connectivity index (χ4n) is 4.31. The lowest BCUT2D eigenvalue weighted by molar-refractivity contribution is -0.126. The van der Waals surface area contributed by atoms with Gasteiger partial charge in [0.2, 0.25) is 15.9 Å². The molecule has 10 heteroatoms. The summed E-state index contributed by atoms with van der Waals surface area (Å²) in [5, 5.41) is 5.65. The van der Waals surface area contributed by atoms with Crippen LogP contribution >= 0.6 is 0 Å². The van der Waals surface area contributed by atoms with Gasteiger partial charge in [0.15, 0.2) is 6.10 Å². The zero-order valence-electron chi connectivity index (χ0n) is 19.5. The average molecular weight is 488 g/mol. The van der Waals surface area contributed by atoms with Crippen molar-refractivity contribution in [3.05, 3.63) is 47.5 Å². The van der Waals surface area contributed by atoms with Crippen LogP contribution < -0.4 is 20.1 Å². The summed E-state index contributed by atoms with van der Waals surface area (Å²) in [6, 6.07) is 10.5. The number of nitrogens with zero attached hydrogens (tertiary/aromatic N) is 1. The number of methoxy groups -OCH3 is 1. The minimum absolute atomic E-state index is 0.102. The van der Waals surface area contributed by atoms with Crippen molar-refractivity contribution in [3.63, 3.8) is 0 Å². The maximum atomic E-state index is 13.5. The number of nitrogens with one attached hydrogen (secondary N) is 2. The summed E-state index contributed by atoms with van der Waals surface area (Å²) in [6.45, 7) is 4.02. The maximum absolute atomic E-state index is 13.5. The summed E-state index contributed by atoms with van der Waals surface area (Å²) in [7, 11) is -2.28. The monoisotopic (exact) mass is 487 g/mol. The SMILES string of the molecule is COc1ccccc1CNC(=O)[C@@H]1CCCN(S(=O)(=O)c2cc3c(cc2C)NC(=O)[C@H](C)O3)C1. The number of piperidine rings is 1. The molecular formula is C24H29N3O6S. The second kappa shape index (κ2) is 9.63. The first-order chi connectivity index (χ1) is 16.2. The highest BCUT2D eigenvalue weighted by Crippen LogP contribution is 2.36. The molecule has 34 heavy (non-hydrogen) atoms. The van der Waals surface area contributed by atoms with E-state index < -0.39 is 22.0 Å². The first-order valence-electron chi connectivity index (χ1n) is 11.2. The van der Waals surface area contributed by atoms with E-state index in [0.29, 0.717) is 48.7 Å². The van der Waals surface area contributed by atoms with Gasteiger partial charge in [0.25, 0.3) is 5.91 Å². The Morgan fingerprint density at radius 3 is 2.82 bits per heavy atom. The number of benzene rings is 2. The zero-order valence-corrected chi connectivity index (χ0v) is 20.3. The zero-order chi connectivity index (χ0) is 24.5. The first-order valence-corrected chi connectivity index (χ1v) is 12.7. The number of carbonyl (C=O) groups excluding carboxylic acids is 2. The van der Waals surface area contributed by atoms with Gasteiger partial charge >= 0.3 is 0 Å². The quantitative estimate of drug-likeness (QED) is 0.647. The van der Waals surface area contributed by atoms with E-state index in [-0.39, 0.29) is 23.3 Å². The number of aryl methyl sites for hydroxylation is 1. The highest BCUT2D eigenvalue weighted by Gasteiger charge is 2.35. The van der Waals surface area contributed by atoms with Crippen molar-refractivity contribution in [3.8, 4) is 11.5 Å². The van der Waals surface area contributed by atoms with Crippen LogP contribution in [0.25, 0.3) is 0 Å². The van der Waals surface area contributed by atoms with Crippen molar-refractivity contribution in [1.29, 1.82) is 0 Å². The number of amides is 2. The number of hydrogen-bond acceptors (Lipinski definition) is 6. The van der Waals surface area contributed by atoms with Crippen molar-refractivity contribution < 1.29 is 27.5 Å². The van der Waals surface area contributed by atoms with Crippen molar-refractivity contribution in [2.24, 2.45) is 5.92 Å². The Morgan fingerprint density at radius 2 is 2.06 bits per heavy atom. The minimum atomic E-state index is -3.86. The largest absolute Gasteiger partial charge is 0.496 e. The minimum Gasteiger partial charge on any atom is -0.496 e. The summed E-state index contributed by atoms with van der Waals surface area (Å²) >= 11 is 0. The summed E-state index contributed by atoms with van der Waals surface area (Å²) in [4.78, 5) is 24.9. The predicted molar refractivity (Wildman–Crippen MR) is 126 cm³/mol. The molecule has 0 radical (unpaired) electrons. The molecule has 4 rings (SSSR count). The Balaban J connectivity index is 1.48. The second-order valence-electron chi connectivity index (χ2n) is 8.60. The molecule has 0 unspecified atom stereocenters. The van der Waals surface area contributed by atoms with Crippen LogP contribution in [-0.4, -0.2) is 50.8 Å². The van der Waals surface area contributed by atoms with Gasteiger partial charge in [-0.1, -0.05) is 18.2 Å². The molecule has 0 aromatic heterocycles. The highest BCUT2D eigenvalue weighted by atomic mass is 32.2. The fraction of sp³-hybridized carbons (Fsp3) is 0.417. The number of carbonyl (C=O) groups is 2. The predicted octanol–water partition coefficient (Wildman–Crippen LogP) is 2.44. The Hall–Kier alpha value is -3.11. The van der Waals surface area contributed by atoms with Gasteiger partial charge in [-0.25, -0.2) is 8.42 Å².